The molecule has 0 aliphatic carbocycles. The summed E-state index contributed by atoms with van der Waals surface area (Å²) in [4.78, 5) is 44.8. The van der Waals surface area contributed by atoms with Gasteiger partial charge in [-0.2, -0.15) is 0 Å². The third-order valence-electron chi connectivity index (χ3n) is 3.06. The Balaban J connectivity index is 2.47. The Bertz CT molecular complexity index is 821. The van der Waals surface area contributed by atoms with Crippen LogP contribution in [0.2, 0.25) is 0 Å². The van der Waals surface area contributed by atoms with E-state index < -0.39 is 38.9 Å². The molecule has 11 heteroatoms. The van der Waals surface area contributed by atoms with Gasteiger partial charge in [-0.1, -0.05) is 24.3 Å². The second-order valence-electron chi connectivity index (χ2n) is 4.58. The van der Waals surface area contributed by atoms with Crippen LogP contribution in [0.15, 0.2) is 48.5 Å². The van der Waals surface area contributed by atoms with Crippen molar-refractivity contribution in [3.63, 3.8) is 0 Å². The zero-order valence-electron chi connectivity index (χ0n) is 12.4. The number of nitro groups is 2. The van der Waals surface area contributed by atoms with Gasteiger partial charge in [0.15, 0.2) is 5.03 Å². The molecule has 2 aromatic carbocycles. The van der Waals surface area contributed by atoms with Crippen molar-refractivity contribution in [1.82, 2.24) is 0 Å². The van der Waals surface area contributed by atoms with Crippen molar-refractivity contribution in [2.24, 2.45) is 0 Å². The number of nitrogens with zero attached hydrogens (tertiary/aromatic N) is 3. The van der Waals surface area contributed by atoms with E-state index in [0.29, 0.717) is 0 Å². The summed E-state index contributed by atoms with van der Waals surface area (Å²) in [6.07, 6.45) is 0. The summed E-state index contributed by atoms with van der Waals surface area (Å²) in [5, 5.41) is 32.4. The van der Waals surface area contributed by atoms with Gasteiger partial charge in [-0.05, 0) is 23.2 Å². The molecule has 128 valence electrons. The second kappa shape index (κ2) is 7.04. The predicted molar refractivity (Wildman–Crippen MR) is 85.0 cm³/mol. The first kappa shape index (κ1) is 17.3. The first-order chi connectivity index (χ1) is 11.8. The van der Waals surface area contributed by atoms with Crippen molar-refractivity contribution in [3.8, 4) is 0 Å². The van der Waals surface area contributed by atoms with Gasteiger partial charge in [-0.3, -0.25) is 15.4 Å². The third kappa shape index (κ3) is 3.67. The van der Waals surface area contributed by atoms with Crippen LogP contribution in [0.1, 0.15) is 10.4 Å². The lowest BCUT2D eigenvalue weighted by molar-refractivity contribution is -0.481. The number of aromatic carboxylic acids is 1. The molecule has 25 heavy (non-hydrogen) atoms. The summed E-state index contributed by atoms with van der Waals surface area (Å²) in [5.41, 5.74) is -2.03. The van der Waals surface area contributed by atoms with Crippen LogP contribution in [0.25, 0.3) is 0 Å². The number of amides is 2. The molecule has 0 atom stereocenters. The van der Waals surface area contributed by atoms with Gasteiger partial charge in [-0.15, -0.1) is 0 Å². The largest absolute Gasteiger partial charge is 0.478 e. The van der Waals surface area contributed by atoms with E-state index in [1.54, 1.807) is 6.07 Å². The molecule has 0 aliphatic heterocycles. The number of carboxylic acid groups (broad SMARTS) is 1. The Morgan fingerprint density at radius 3 is 2.16 bits per heavy atom. The number of nitrogens with one attached hydrogen (secondary N) is 1. The van der Waals surface area contributed by atoms with Crippen molar-refractivity contribution in [1.29, 1.82) is 0 Å². The number of hydrogen-bond acceptors (Lipinski definition) is 6. The van der Waals surface area contributed by atoms with E-state index in [0.717, 1.165) is 18.2 Å². The van der Waals surface area contributed by atoms with Crippen LogP contribution >= 0.6 is 0 Å². The van der Waals surface area contributed by atoms with Gasteiger partial charge in [0.2, 0.25) is 0 Å². The summed E-state index contributed by atoms with van der Waals surface area (Å²) in [6, 6.07) is 8.81. The van der Waals surface area contributed by atoms with Gasteiger partial charge in [0, 0.05) is 6.07 Å². The fourth-order valence-electron chi connectivity index (χ4n) is 2.02. The normalized spacial score (nSPS) is 9.92. The average molecular weight is 346 g/mol. The molecule has 0 aliphatic rings. The molecule has 0 saturated carbocycles. The number of hydrogen-bond donors (Lipinski definition) is 2. The molecule has 0 bridgehead atoms. The molecule has 0 radical (unpaired) electrons. The molecule has 11 nitrogen and oxygen atoms in total. The van der Waals surface area contributed by atoms with E-state index in [-0.39, 0.29) is 10.7 Å². The first-order valence-corrected chi connectivity index (χ1v) is 6.64. The van der Waals surface area contributed by atoms with Gasteiger partial charge < -0.3 is 5.11 Å². The molecule has 2 rings (SSSR count). The number of anilines is 2. The minimum atomic E-state index is -1.54. The molecule has 0 aromatic heterocycles. The molecule has 0 saturated heterocycles. The van der Waals surface area contributed by atoms with Crippen LogP contribution in [0, 0.1) is 20.2 Å². The molecule has 2 aromatic rings. The molecule has 0 unspecified atom stereocenters. The number of nitro benzene ring substituents is 1. The summed E-state index contributed by atoms with van der Waals surface area (Å²) >= 11 is 0. The Hall–Kier alpha value is -4.02. The van der Waals surface area contributed by atoms with Crippen molar-refractivity contribution in [2.75, 3.05) is 10.3 Å². The van der Waals surface area contributed by atoms with E-state index in [1.165, 1.54) is 24.3 Å². The molecular weight excluding hydrogens is 336 g/mol. The minimum Gasteiger partial charge on any atom is -0.478 e. The highest BCUT2D eigenvalue weighted by Gasteiger charge is 2.31. The predicted octanol–water partition coefficient (Wildman–Crippen LogP) is 2.52. The summed E-state index contributed by atoms with van der Waals surface area (Å²) in [5.74, 6) is -1.54. The van der Waals surface area contributed by atoms with Gasteiger partial charge in [-0.25, -0.2) is 19.7 Å². The number of carbonyl (C=O) groups is 2. The third-order valence-corrected chi connectivity index (χ3v) is 3.06. The average Bonchev–Trinajstić information content (AvgIpc) is 2.55. The van der Waals surface area contributed by atoms with Crippen molar-refractivity contribution >= 4 is 29.1 Å². The van der Waals surface area contributed by atoms with Crippen LogP contribution < -0.4 is 10.3 Å². The fraction of sp³-hybridized carbons (Fsp3) is 0. The molecule has 2 N–H and O–H groups in total. The summed E-state index contributed by atoms with van der Waals surface area (Å²) < 4.78 is 0. The Morgan fingerprint density at radius 2 is 1.64 bits per heavy atom. The Morgan fingerprint density at radius 1 is 1.00 bits per heavy atom. The Labute approximate surface area is 139 Å². The van der Waals surface area contributed by atoms with E-state index in [9.17, 15) is 29.8 Å². The summed E-state index contributed by atoms with van der Waals surface area (Å²) in [6.45, 7) is 0. The van der Waals surface area contributed by atoms with Gasteiger partial charge in [0.1, 0.15) is 11.4 Å². The zero-order valence-corrected chi connectivity index (χ0v) is 12.4. The number of benzene rings is 2. The van der Waals surface area contributed by atoms with Crippen LogP contribution in [0.3, 0.4) is 0 Å². The maximum absolute atomic E-state index is 12.3. The first-order valence-electron chi connectivity index (χ1n) is 6.64. The van der Waals surface area contributed by atoms with E-state index >= 15 is 0 Å². The standard InChI is InChI=1S/C14H10N4O7/c19-13(20)10-7-4-8-11(17(22)23)12(10)15-14(21)16(18(24)25)9-5-2-1-3-6-9/h1-8H,(H,15,21)(H,19,20). The van der Waals surface area contributed by atoms with Crippen LogP contribution in [-0.2, 0) is 0 Å². The van der Waals surface area contributed by atoms with Crippen LogP contribution in [0.4, 0.5) is 21.9 Å². The fourth-order valence-corrected chi connectivity index (χ4v) is 2.02. The zero-order chi connectivity index (χ0) is 18.6. The lowest BCUT2D eigenvalue weighted by Gasteiger charge is -2.14. The smallest absolute Gasteiger partial charge is 0.385 e. The Kier molecular flexibility index (Phi) is 4.88. The highest BCUT2D eigenvalue weighted by molar-refractivity contribution is 6.06. The minimum absolute atomic E-state index is 0.111. The van der Waals surface area contributed by atoms with Gasteiger partial charge in [0.05, 0.1) is 10.5 Å². The van der Waals surface area contributed by atoms with Crippen LogP contribution in [0.5, 0.6) is 0 Å². The number of carboxylic acids is 1. The number of carbonyl (C=O) groups excluding carboxylic acids is 1. The SMILES string of the molecule is O=C(O)c1cccc([N+](=O)[O-])c1NC(=O)N(c1ccccc1)[N+](=O)[O-]. The van der Waals surface area contributed by atoms with Crippen LogP contribution in [-0.4, -0.2) is 27.1 Å². The van der Waals surface area contributed by atoms with Gasteiger partial charge >= 0.3 is 12.0 Å². The van der Waals surface area contributed by atoms with E-state index in [4.69, 9.17) is 5.11 Å². The number of rotatable bonds is 5. The molecule has 0 fully saturated rings. The monoisotopic (exact) mass is 346 g/mol. The maximum atomic E-state index is 12.3. The molecule has 0 heterocycles. The van der Waals surface area contributed by atoms with E-state index in [1.807, 2.05) is 5.32 Å². The quantitative estimate of drug-likeness (QED) is 0.622. The lowest BCUT2D eigenvalue weighted by atomic mass is 10.1. The topological polar surface area (TPSA) is 156 Å². The maximum Gasteiger partial charge on any atom is 0.385 e. The van der Waals surface area contributed by atoms with Gasteiger partial charge in [0.25, 0.3) is 5.69 Å². The molecular formula is C14H10N4O7. The number of para-hydroxylation sites is 2. The molecule has 0 spiro atoms. The van der Waals surface area contributed by atoms with Crippen molar-refractivity contribution in [3.05, 3.63) is 74.3 Å². The highest BCUT2D eigenvalue weighted by Crippen LogP contribution is 2.29. The number of hydrazine groups is 1. The van der Waals surface area contributed by atoms with Crippen molar-refractivity contribution in [2.45, 2.75) is 0 Å². The second-order valence-corrected chi connectivity index (χ2v) is 4.58. The number of urea groups is 1. The lowest BCUT2D eigenvalue weighted by Crippen LogP contribution is -2.40. The molecule has 2 amide bonds. The highest BCUT2D eigenvalue weighted by atomic mass is 16.7. The van der Waals surface area contributed by atoms with E-state index in [2.05, 4.69) is 0 Å². The summed E-state index contributed by atoms with van der Waals surface area (Å²) in [7, 11) is 0. The van der Waals surface area contributed by atoms with Crippen molar-refractivity contribution < 1.29 is 24.7 Å².